The van der Waals surface area contributed by atoms with E-state index in [0.29, 0.717) is 25.8 Å². The lowest BCUT2D eigenvalue weighted by molar-refractivity contribution is 0.170. The minimum atomic E-state index is -3.09. The molecule has 132 valence electrons. The molecule has 0 radical (unpaired) electrons. The van der Waals surface area contributed by atoms with Crippen LogP contribution in [0.1, 0.15) is 37.3 Å². The molecule has 7 heteroatoms. The van der Waals surface area contributed by atoms with Crippen molar-refractivity contribution in [1.29, 1.82) is 0 Å². The second-order valence-electron chi connectivity index (χ2n) is 6.74. The number of benzene rings is 1. The molecule has 1 saturated carbocycles. The van der Waals surface area contributed by atoms with Crippen molar-refractivity contribution in [2.45, 2.75) is 37.0 Å². The zero-order valence-electron chi connectivity index (χ0n) is 13.7. The van der Waals surface area contributed by atoms with E-state index >= 15 is 0 Å². The van der Waals surface area contributed by atoms with Crippen LogP contribution in [0.4, 0.5) is 0 Å². The molecule has 0 bridgehead atoms. The van der Waals surface area contributed by atoms with Crippen molar-refractivity contribution in [2.75, 3.05) is 32.8 Å². The van der Waals surface area contributed by atoms with Gasteiger partial charge < -0.3 is 9.47 Å². The number of nitrogens with zero attached hydrogens (tertiary/aromatic N) is 1. The molecule has 1 saturated heterocycles. The molecular formula is C17H24N2O4S. The minimum Gasteiger partial charge on any atom is -0.486 e. The molecule has 0 aromatic heterocycles. The highest BCUT2D eigenvalue weighted by atomic mass is 32.2. The van der Waals surface area contributed by atoms with Gasteiger partial charge in [-0.1, -0.05) is 6.07 Å². The average Bonchev–Trinajstić information content (AvgIpc) is 3.35. The first kappa shape index (κ1) is 16.2. The van der Waals surface area contributed by atoms with Crippen LogP contribution in [0.2, 0.25) is 0 Å². The van der Waals surface area contributed by atoms with Gasteiger partial charge in [0.1, 0.15) is 13.2 Å². The van der Waals surface area contributed by atoms with E-state index in [4.69, 9.17) is 9.47 Å². The standard InChI is InChI=1S/C17H24N2O4S/c20-24(21,14-4-5-14)18-7-9-19-8-1-2-15(19)13-3-6-16-17(12-13)23-11-10-22-16/h3,6,12,14-15,18H,1-2,4-5,7-11H2. The zero-order chi connectivity index (χ0) is 16.6. The van der Waals surface area contributed by atoms with Gasteiger partial charge in [0, 0.05) is 19.1 Å². The van der Waals surface area contributed by atoms with Crippen LogP contribution >= 0.6 is 0 Å². The van der Waals surface area contributed by atoms with Crippen molar-refractivity contribution in [1.82, 2.24) is 9.62 Å². The Hall–Kier alpha value is -1.31. The number of sulfonamides is 1. The predicted octanol–water partition coefficient (Wildman–Crippen LogP) is 1.68. The van der Waals surface area contributed by atoms with Gasteiger partial charge in [-0.25, -0.2) is 13.1 Å². The molecular weight excluding hydrogens is 328 g/mol. The number of nitrogens with one attached hydrogen (secondary N) is 1. The van der Waals surface area contributed by atoms with E-state index in [1.54, 1.807) is 0 Å². The first-order valence-electron chi connectivity index (χ1n) is 8.75. The minimum absolute atomic E-state index is 0.148. The van der Waals surface area contributed by atoms with Crippen LogP contribution in [-0.4, -0.2) is 51.4 Å². The summed E-state index contributed by atoms with van der Waals surface area (Å²) in [5.41, 5.74) is 1.22. The number of ether oxygens (including phenoxy) is 2. The van der Waals surface area contributed by atoms with E-state index in [-0.39, 0.29) is 5.25 Å². The highest BCUT2D eigenvalue weighted by Gasteiger charge is 2.35. The van der Waals surface area contributed by atoms with Gasteiger partial charge >= 0.3 is 0 Å². The first-order chi connectivity index (χ1) is 11.6. The summed E-state index contributed by atoms with van der Waals surface area (Å²) in [7, 11) is -3.09. The molecule has 4 rings (SSSR count). The SMILES string of the molecule is O=S(=O)(NCCN1CCCC1c1ccc2c(c1)OCCO2)C1CC1. The predicted molar refractivity (Wildman–Crippen MR) is 90.9 cm³/mol. The summed E-state index contributed by atoms with van der Waals surface area (Å²) in [6.45, 7) is 3.42. The largest absolute Gasteiger partial charge is 0.486 e. The Morgan fingerprint density at radius 3 is 2.71 bits per heavy atom. The fourth-order valence-electron chi connectivity index (χ4n) is 3.57. The molecule has 2 aliphatic heterocycles. The summed E-state index contributed by atoms with van der Waals surface area (Å²) >= 11 is 0. The van der Waals surface area contributed by atoms with Crippen LogP contribution in [0.5, 0.6) is 11.5 Å². The van der Waals surface area contributed by atoms with Crippen LogP contribution < -0.4 is 14.2 Å². The molecule has 3 aliphatic rings. The van der Waals surface area contributed by atoms with Crippen LogP contribution in [0, 0.1) is 0 Å². The molecule has 1 aromatic rings. The maximum absolute atomic E-state index is 11.9. The average molecular weight is 352 g/mol. The van der Waals surface area contributed by atoms with Crippen LogP contribution in [0.25, 0.3) is 0 Å². The Morgan fingerprint density at radius 2 is 1.92 bits per heavy atom. The lowest BCUT2D eigenvalue weighted by atomic mass is 10.0. The van der Waals surface area contributed by atoms with Gasteiger partial charge in [0.2, 0.25) is 10.0 Å². The van der Waals surface area contributed by atoms with Crippen LogP contribution in [0.15, 0.2) is 18.2 Å². The van der Waals surface area contributed by atoms with Gasteiger partial charge in [-0.2, -0.15) is 0 Å². The van der Waals surface area contributed by atoms with E-state index in [1.165, 1.54) is 5.56 Å². The summed E-state index contributed by atoms with van der Waals surface area (Å²) in [5, 5.41) is -0.148. The van der Waals surface area contributed by atoms with Gasteiger partial charge in [-0.15, -0.1) is 0 Å². The Bertz CT molecular complexity index is 703. The lowest BCUT2D eigenvalue weighted by Gasteiger charge is -2.26. The summed E-state index contributed by atoms with van der Waals surface area (Å²) in [6, 6.07) is 6.48. The van der Waals surface area contributed by atoms with Gasteiger partial charge in [0.15, 0.2) is 11.5 Å². The molecule has 2 heterocycles. The third-order valence-electron chi connectivity index (χ3n) is 4.98. The van der Waals surface area contributed by atoms with E-state index in [9.17, 15) is 8.42 Å². The molecule has 1 N–H and O–H groups in total. The number of hydrogen-bond acceptors (Lipinski definition) is 5. The van der Waals surface area contributed by atoms with Crippen LogP contribution in [-0.2, 0) is 10.0 Å². The van der Waals surface area contributed by atoms with E-state index in [2.05, 4.69) is 21.8 Å². The van der Waals surface area contributed by atoms with Gasteiger partial charge in [0.05, 0.1) is 5.25 Å². The van der Waals surface area contributed by atoms with Crippen molar-refractivity contribution in [3.05, 3.63) is 23.8 Å². The fourth-order valence-corrected chi connectivity index (χ4v) is 4.93. The summed E-state index contributed by atoms with van der Waals surface area (Å²) in [4.78, 5) is 2.36. The monoisotopic (exact) mass is 352 g/mol. The molecule has 1 aliphatic carbocycles. The number of hydrogen-bond donors (Lipinski definition) is 1. The van der Waals surface area contributed by atoms with Crippen molar-refractivity contribution in [3.63, 3.8) is 0 Å². The molecule has 1 atom stereocenters. The smallest absolute Gasteiger partial charge is 0.214 e. The van der Waals surface area contributed by atoms with Gasteiger partial charge in [-0.3, -0.25) is 4.90 Å². The molecule has 0 amide bonds. The normalized spacial score (nSPS) is 24.2. The van der Waals surface area contributed by atoms with E-state index < -0.39 is 10.0 Å². The molecule has 6 nitrogen and oxygen atoms in total. The highest BCUT2D eigenvalue weighted by molar-refractivity contribution is 7.90. The van der Waals surface area contributed by atoms with E-state index in [1.807, 2.05) is 6.07 Å². The van der Waals surface area contributed by atoms with Crippen molar-refractivity contribution < 1.29 is 17.9 Å². The zero-order valence-corrected chi connectivity index (χ0v) is 14.6. The van der Waals surface area contributed by atoms with E-state index in [0.717, 1.165) is 50.3 Å². The lowest BCUT2D eigenvalue weighted by Crippen LogP contribution is -2.36. The maximum Gasteiger partial charge on any atom is 0.214 e. The molecule has 2 fully saturated rings. The molecule has 1 aromatic carbocycles. The Labute approximate surface area is 143 Å². The topological polar surface area (TPSA) is 67.9 Å². The van der Waals surface area contributed by atoms with Crippen molar-refractivity contribution in [3.8, 4) is 11.5 Å². The van der Waals surface area contributed by atoms with Crippen LogP contribution in [0.3, 0.4) is 0 Å². The Balaban J connectivity index is 1.39. The van der Waals surface area contributed by atoms with Crippen molar-refractivity contribution in [2.24, 2.45) is 0 Å². The summed E-state index contributed by atoms with van der Waals surface area (Å²) in [5.74, 6) is 1.63. The Kier molecular flexibility index (Phi) is 4.40. The maximum atomic E-state index is 11.9. The number of fused-ring (bicyclic) bond motifs is 1. The summed E-state index contributed by atoms with van der Waals surface area (Å²) < 4.78 is 37.9. The second-order valence-corrected chi connectivity index (χ2v) is 8.78. The quantitative estimate of drug-likeness (QED) is 0.844. The first-order valence-corrected chi connectivity index (χ1v) is 10.3. The Morgan fingerprint density at radius 1 is 1.12 bits per heavy atom. The third-order valence-corrected chi connectivity index (χ3v) is 6.94. The number of likely N-dealkylation sites (tertiary alicyclic amines) is 1. The third kappa shape index (κ3) is 3.38. The number of rotatable bonds is 6. The highest BCUT2D eigenvalue weighted by Crippen LogP contribution is 2.37. The summed E-state index contributed by atoms with van der Waals surface area (Å²) in [6.07, 6.45) is 3.83. The van der Waals surface area contributed by atoms with Crippen molar-refractivity contribution >= 4 is 10.0 Å². The molecule has 24 heavy (non-hydrogen) atoms. The molecule has 0 spiro atoms. The molecule has 1 unspecified atom stereocenters. The second kappa shape index (κ2) is 6.54. The van der Waals surface area contributed by atoms with Gasteiger partial charge in [-0.05, 0) is 49.9 Å². The fraction of sp³-hybridized carbons (Fsp3) is 0.647. The van der Waals surface area contributed by atoms with Gasteiger partial charge in [0.25, 0.3) is 0 Å².